The fourth-order valence-electron chi connectivity index (χ4n) is 3.29. The van der Waals surface area contributed by atoms with Crippen LogP contribution in [0.4, 0.5) is 11.4 Å². The summed E-state index contributed by atoms with van der Waals surface area (Å²) in [6.45, 7) is -0.432. The Kier molecular flexibility index (Phi) is 5.26. The van der Waals surface area contributed by atoms with Crippen LogP contribution in [0.5, 0.6) is 5.75 Å². The molecule has 0 radical (unpaired) electrons. The molecule has 7 nitrogen and oxygen atoms in total. The average molecular weight is 404 g/mol. The second kappa shape index (κ2) is 8.16. The van der Waals surface area contributed by atoms with Gasteiger partial charge in [-0.25, -0.2) is 4.79 Å². The van der Waals surface area contributed by atoms with Gasteiger partial charge in [-0.1, -0.05) is 30.3 Å². The van der Waals surface area contributed by atoms with Crippen LogP contribution in [0.2, 0.25) is 0 Å². The molecular weight excluding hydrogens is 384 g/mol. The lowest BCUT2D eigenvalue weighted by Gasteiger charge is -2.11. The third-order valence-corrected chi connectivity index (χ3v) is 4.72. The van der Waals surface area contributed by atoms with Crippen LogP contribution in [0.15, 0.2) is 65.1 Å². The molecule has 30 heavy (non-hydrogen) atoms. The number of anilines is 2. The van der Waals surface area contributed by atoms with Crippen LogP contribution in [0.25, 0.3) is 21.9 Å². The standard InChI is InChI=1S/C23H20N2O5/c1-24-17-9-5-3-8-15(17)23(27)29-13-22(26)25-18-12-20-16(11-21(18)28-2)14-7-4-6-10-19(14)30-20/h3-12,24H,13H2,1-2H3,(H,25,26). The number of amides is 1. The quantitative estimate of drug-likeness (QED) is 0.462. The number of hydrogen-bond donors (Lipinski definition) is 2. The lowest BCUT2D eigenvalue weighted by Crippen LogP contribution is -2.21. The normalized spacial score (nSPS) is 10.7. The molecule has 2 N–H and O–H groups in total. The van der Waals surface area contributed by atoms with E-state index >= 15 is 0 Å². The minimum Gasteiger partial charge on any atom is -0.495 e. The summed E-state index contributed by atoms with van der Waals surface area (Å²) in [5, 5.41) is 7.48. The van der Waals surface area contributed by atoms with Gasteiger partial charge < -0.3 is 24.5 Å². The van der Waals surface area contributed by atoms with Gasteiger partial charge in [0.25, 0.3) is 5.91 Å². The second-order valence-electron chi connectivity index (χ2n) is 6.57. The first-order valence-corrected chi connectivity index (χ1v) is 9.33. The molecule has 0 fully saturated rings. The molecule has 1 heterocycles. The number of benzene rings is 3. The smallest absolute Gasteiger partial charge is 0.340 e. The highest BCUT2D eigenvalue weighted by molar-refractivity contribution is 6.08. The van der Waals surface area contributed by atoms with Crippen molar-refractivity contribution in [2.75, 3.05) is 31.4 Å². The minimum atomic E-state index is -0.588. The van der Waals surface area contributed by atoms with Gasteiger partial charge in [-0.05, 0) is 24.3 Å². The van der Waals surface area contributed by atoms with E-state index in [1.54, 1.807) is 37.4 Å². The number of nitrogens with one attached hydrogen (secondary N) is 2. The number of fused-ring (bicyclic) bond motifs is 3. The molecule has 0 aliphatic rings. The summed E-state index contributed by atoms with van der Waals surface area (Å²) < 4.78 is 16.4. The van der Waals surface area contributed by atoms with Gasteiger partial charge in [0, 0.05) is 29.6 Å². The summed E-state index contributed by atoms with van der Waals surface area (Å²) in [5.41, 5.74) is 2.78. The number of para-hydroxylation sites is 2. The highest BCUT2D eigenvalue weighted by Crippen LogP contribution is 2.36. The molecule has 0 saturated heterocycles. The van der Waals surface area contributed by atoms with Gasteiger partial charge in [0.1, 0.15) is 16.9 Å². The number of carbonyl (C=O) groups is 2. The fraction of sp³-hybridized carbons (Fsp3) is 0.130. The molecule has 3 aromatic carbocycles. The van der Waals surface area contributed by atoms with Crippen molar-refractivity contribution in [2.24, 2.45) is 0 Å². The number of hydrogen-bond acceptors (Lipinski definition) is 6. The molecule has 7 heteroatoms. The van der Waals surface area contributed by atoms with E-state index in [0.29, 0.717) is 28.3 Å². The first-order valence-electron chi connectivity index (χ1n) is 9.33. The van der Waals surface area contributed by atoms with Crippen LogP contribution in [0.1, 0.15) is 10.4 Å². The zero-order valence-electron chi connectivity index (χ0n) is 16.5. The Morgan fingerprint density at radius 1 is 0.933 bits per heavy atom. The Bertz CT molecular complexity index is 1250. The van der Waals surface area contributed by atoms with E-state index in [2.05, 4.69) is 10.6 Å². The summed E-state index contributed by atoms with van der Waals surface area (Å²) in [4.78, 5) is 24.7. The van der Waals surface area contributed by atoms with Gasteiger partial charge in [0.2, 0.25) is 0 Å². The largest absolute Gasteiger partial charge is 0.495 e. The van der Waals surface area contributed by atoms with Crippen molar-refractivity contribution in [1.29, 1.82) is 0 Å². The maximum absolute atomic E-state index is 12.4. The topological polar surface area (TPSA) is 89.8 Å². The van der Waals surface area contributed by atoms with Gasteiger partial charge in [0.05, 0.1) is 18.4 Å². The van der Waals surface area contributed by atoms with Gasteiger partial charge in [-0.15, -0.1) is 0 Å². The van der Waals surface area contributed by atoms with E-state index in [1.807, 2.05) is 30.3 Å². The van der Waals surface area contributed by atoms with E-state index < -0.39 is 18.5 Å². The molecule has 0 saturated carbocycles. The lowest BCUT2D eigenvalue weighted by atomic mass is 10.1. The van der Waals surface area contributed by atoms with E-state index in [9.17, 15) is 9.59 Å². The van der Waals surface area contributed by atoms with Crippen molar-refractivity contribution < 1.29 is 23.5 Å². The fourth-order valence-corrected chi connectivity index (χ4v) is 3.29. The predicted molar refractivity (Wildman–Crippen MR) is 115 cm³/mol. The highest BCUT2D eigenvalue weighted by Gasteiger charge is 2.16. The van der Waals surface area contributed by atoms with Crippen LogP contribution in [0, 0.1) is 0 Å². The van der Waals surface area contributed by atoms with E-state index in [4.69, 9.17) is 13.9 Å². The van der Waals surface area contributed by atoms with E-state index in [0.717, 1.165) is 16.4 Å². The van der Waals surface area contributed by atoms with E-state index in [1.165, 1.54) is 7.11 Å². The summed E-state index contributed by atoms with van der Waals surface area (Å²) in [5.74, 6) is -0.594. The second-order valence-corrected chi connectivity index (χ2v) is 6.57. The maximum atomic E-state index is 12.4. The third-order valence-electron chi connectivity index (χ3n) is 4.72. The Labute approximate surface area is 172 Å². The predicted octanol–water partition coefficient (Wildman–Crippen LogP) is 4.43. The molecule has 4 rings (SSSR count). The zero-order chi connectivity index (χ0) is 21.1. The highest BCUT2D eigenvalue weighted by atomic mass is 16.5. The number of rotatable bonds is 6. The van der Waals surface area contributed by atoms with Crippen molar-refractivity contribution >= 4 is 45.2 Å². The summed E-state index contributed by atoms with van der Waals surface area (Å²) >= 11 is 0. The summed E-state index contributed by atoms with van der Waals surface area (Å²) in [6.07, 6.45) is 0. The number of esters is 1. The molecule has 0 aliphatic heterocycles. The van der Waals surface area contributed by atoms with Crippen LogP contribution in [0.3, 0.4) is 0 Å². The van der Waals surface area contributed by atoms with Gasteiger partial charge >= 0.3 is 5.97 Å². The molecule has 4 aromatic rings. The lowest BCUT2D eigenvalue weighted by molar-refractivity contribution is -0.119. The number of carbonyl (C=O) groups excluding carboxylic acids is 2. The Morgan fingerprint density at radius 2 is 1.70 bits per heavy atom. The van der Waals surface area contributed by atoms with E-state index in [-0.39, 0.29) is 0 Å². The molecule has 0 bridgehead atoms. The molecule has 1 aromatic heterocycles. The number of ether oxygens (including phenoxy) is 2. The summed E-state index contributed by atoms with van der Waals surface area (Å²) in [7, 11) is 3.23. The minimum absolute atomic E-state index is 0.356. The van der Waals surface area contributed by atoms with Crippen LogP contribution < -0.4 is 15.4 Å². The SMILES string of the molecule is CNc1ccccc1C(=O)OCC(=O)Nc1cc2oc3ccccc3c2cc1OC. The van der Waals surface area contributed by atoms with Crippen molar-refractivity contribution in [3.63, 3.8) is 0 Å². The van der Waals surface area contributed by atoms with Crippen LogP contribution in [-0.2, 0) is 9.53 Å². The maximum Gasteiger partial charge on any atom is 0.340 e. The molecule has 0 atom stereocenters. The molecular formula is C23H20N2O5. The first kappa shape index (κ1) is 19.3. The Morgan fingerprint density at radius 3 is 2.50 bits per heavy atom. The first-order chi connectivity index (χ1) is 14.6. The van der Waals surface area contributed by atoms with Crippen LogP contribution in [-0.4, -0.2) is 32.6 Å². The van der Waals surface area contributed by atoms with Crippen molar-refractivity contribution in [3.8, 4) is 5.75 Å². The molecule has 152 valence electrons. The third kappa shape index (κ3) is 3.65. The molecule has 0 spiro atoms. The zero-order valence-corrected chi connectivity index (χ0v) is 16.5. The van der Waals surface area contributed by atoms with Gasteiger partial charge in [-0.3, -0.25) is 4.79 Å². The van der Waals surface area contributed by atoms with Gasteiger partial charge in [0.15, 0.2) is 6.61 Å². The van der Waals surface area contributed by atoms with Crippen LogP contribution >= 0.6 is 0 Å². The molecule has 0 aliphatic carbocycles. The Balaban J connectivity index is 1.51. The number of methoxy groups -OCH3 is 1. The Hall–Kier alpha value is -4.00. The van der Waals surface area contributed by atoms with Crippen molar-refractivity contribution in [2.45, 2.75) is 0 Å². The number of furan rings is 1. The summed E-state index contributed by atoms with van der Waals surface area (Å²) in [6, 6.07) is 18.1. The average Bonchev–Trinajstić information content (AvgIpc) is 3.14. The van der Waals surface area contributed by atoms with Crippen molar-refractivity contribution in [3.05, 3.63) is 66.2 Å². The monoisotopic (exact) mass is 404 g/mol. The molecule has 0 unspecified atom stereocenters. The molecule has 1 amide bonds. The van der Waals surface area contributed by atoms with Crippen molar-refractivity contribution in [1.82, 2.24) is 0 Å². The van der Waals surface area contributed by atoms with Gasteiger partial charge in [-0.2, -0.15) is 0 Å².